The van der Waals surface area contributed by atoms with E-state index < -0.39 is 0 Å². The zero-order valence-electron chi connectivity index (χ0n) is 18.0. The molecule has 1 saturated carbocycles. The molecule has 0 radical (unpaired) electrons. The number of benzene rings is 2. The molecular weight excluding hydrogens is 441 g/mol. The van der Waals surface area contributed by atoms with Crippen molar-refractivity contribution in [2.24, 2.45) is 0 Å². The molecule has 1 N–H and O–H groups in total. The monoisotopic (exact) mass is 467 g/mol. The van der Waals surface area contributed by atoms with Gasteiger partial charge in [0.2, 0.25) is 0 Å². The summed E-state index contributed by atoms with van der Waals surface area (Å²) in [4.78, 5) is 13.1. The van der Waals surface area contributed by atoms with Crippen LogP contribution in [0.25, 0.3) is 0 Å². The highest BCUT2D eigenvalue weighted by molar-refractivity contribution is 6.30. The molecule has 0 saturated heterocycles. The number of nitrogens with zero attached hydrogens (tertiary/aromatic N) is 2. The molecule has 4 nitrogen and oxygen atoms in total. The third-order valence-electron chi connectivity index (χ3n) is 6.45. The Kier molecular flexibility index (Phi) is 6.25. The highest BCUT2D eigenvalue weighted by Crippen LogP contribution is 2.36. The van der Waals surface area contributed by atoms with Crippen LogP contribution in [0.3, 0.4) is 0 Å². The molecule has 3 aromatic rings. The highest BCUT2D eigenvalue weighted by atomic mass is 35.5. The standard InChI is InChI=1S/C26H27Cl2N3O/c27-20-10-8-17(9-11-20)14-19-5-1-2-7-23-24(26(32)29-22-12-13-22)30-31(25(19)23)16-18-4-3-6-21(28)15-18/h3-4,6,8-11,15,19,22H,1-2,5,7,12-14,16H2,(H,29,32). The molecule has 1 unspecified atom stereocenters. The Morgan fingerprint density at radius 1 is 1.00 bits per heavy atom. The second-order valence-electron chi connectivity index (χ2n) is 9.02. The van der Waals surface area contributed by atoms with Gasteiger partial charge in [0.15, 0.2) is 5.69 Å². The lowest BCUT2D eigenvalue weighted by molar-refractivity contribution is 0.0944. The Labute approximate surface area is 198 Å². The minimum atomic E-state index is -0.0271. The number of fused-ring (bicyclic) bond motifs is 1. The number of rotatable bonds is 6. The molecule has 5 rings (SSSR count). The molecule has 0 spiro atoms. The van der Waals surface area contributed by atoms with Crippen LogP contribution < -0.4 is 5.32 Å². The van der Waals surface area contributed by atoms with Gasteiger partial charge in [0.1, 0.15) is 0 Å². The molecule has 32 heavy (non-hydrogen) atoms. The van der Waals surface area contributed by atoms with Gasteiger partial charge in [0, 0.05) is 33.3 Å². The van der Waals surface area contributed by atoms with Crippen molar-refractivity contribution >= 4 is 29.1 Å². The molecule has 2 aliphatic rings. The van der Waals surface area contributed by atoms with E-state index in [1.807, 2.05) is 30.3 Å². The zero-order chi connectivity index (χ0) is 22.1. The Bertz CT molecular complexity index is 1120. The molecule has 1 aromatic heterocycles. The first kappa shape index (κ1) is 21.5. The maximum absolute atomic E-state index is 13.1. The second-order valence-corrected chi connectivity index (χ2v) is 9.89. The fourth-order valence-electron chi connectivity index (χ4n) is 4.74. The van der Waals surface area contributed by atoms with Crippen LogP contribution in [0.2, 0.25) is 10.0 Å². The first-order chi connectivity index (χ1) is 15.6. The quantitative estimate of drug-likeness (QED) is 0.439. The summed E-state index contributed by atoms with van der Waals surface area (Å²) in [6.45, 7) is 0.608. The van der Waals surface area contributed by atoms with Gasteiger partial charge in [-0.2, -0.15) is 5.10 Å². The fraction of sp³-hybridized carbons (Fsp3) is 0.385. The topological polar surface area (TPSA) is 46.9 Å². The summed E-state index contributed by atoms with van der Waals surface area (Å²) in [6, 6.07) is 16.3. The number of amides is 1. The van der Waals surface area contributed by atoms with Gasteiger partial charge in [-0.25, -0.2) is 0 Å². The molecule has 6 heteroatoms. The second kappa shape index (κ2) is 9.29. The first-order valence-corrected chi connectivity index (χ1v) is 12.2. The average molecular weight is 468 g/mol. The Balaban J connectivity index is 1.54. The Hall–Kier alpha value is -2.30. The van der Waals surface area contributed by atoms with Gasteiger partial charge in [0.25, 0.3) is 5.91 Å². The SMILES string of the molecule is O=C(NC1CC1)c1nn(Cc2cccc(Cl)c2)c2c1CCCCC2Cc1ccc(Cl)cc1. The van der Waals surface area contributed by atoms with Gasteiger partial charge in [0.05, 0.1) is 6.54 Å². The first-order valence-electron chi connectivity index (χ1n) is 11.5. The third-order valence-corrected chi connectivity index (χ3v) is 6.94. The number of carbonyl (C=O) groups is 1. The van der Waals surface area contributed by atoms with Crippen LogP contribution in [0.4, 0.5) is 0 Å². The minimum Gasteiger partial charge on any atom is -0.348 e. The van der Waals surface area contributed by atoms with E-state index in [1.54, 1.807) is 0 Å². The van der Waals surface area contributed by atoms with Gasteiger partial charge < -0.3 is 5.32 Å². The van der Waals surface area contributed by atoms with Crippen LogP contribution in [0.1, 0.15) is 70.9 Å². The molecule has 0 bridgehead atoms. The number of halogens is 2. The minimum absolute atomic E-state index is 0.0271. The van der Waals surface area contributed by atoms with Crippen molar-refractivity contribution in [1.82, 2.24) is 15.1 Å². The van der Waals surface area contributed by atoms with E-state index in [4.69, 9.17) is 28.3 Å². The van der Waals surface area contributed by atoms with Gasteiger partial charge in [-0.15, -0.1) is 0 Å². The van der Waals surface area contributed by atoms with Gasteiger partial charge >= 0.3 is 0 Å². The van der Waals surface area contributed by atoms with Crippen LogP contribution in [-0.4, -0.2) is 21.7 Å². The van der Waals surface area contributed by atoms with E-state index in [0.717, 1.165) is 61.1 Å². The van der Waals surface area contributed by atoms with E-state index in [2.05, 4.69) is 28.2 Å². The fourth-order valence-corrected chi connectivity index (χ4v) is 5.08. The summed E-state index contributed by atoms with van der Waals surface area (Å²) in [6.07, 6.45) is 7.25. The summed E-state index contributed by atoms with van der Waals surface area (Å²) < 4.78 is 2.06. The molecule has 2 aromatic carbocycles. The predicted octanol–water partition coefficient (Wildman–Crippen LogP) is 6.18. The van der Waals surface area contributed by atoms with Crippen LogP contribution in [0, 0.1) is 0 Å². The van der Waals surface area contributed by atoms with Crippen LogP contribution in [-0.2, 0) is 19.4 Å². The maximum atomic E-state index is 13.1. The van der Waals surface area contributed by atoms with Crippen molar-refractivity contribution in [2.45, 2.75) is 63.5 Å². The lowest BCUT2D eigenvalue weighted by Crippen LogP contribution is -2.27. The molecular formula is C26H27Cl2N3O. The normalized spacial score (nSPS) is 18.1. The summed E-state index contributed by atoms with van der Waals surface area (Å²) in [7, 11) is 0. The molecule has 166 valence electrons. The number of hydrogen-bond acceptors (Lipinski definition) is 2. The largest absolute Gasteiger partial charge is 0.348 e. The van der Waals surface area contributed by atoms with E-state index in [1.165, 1.54) is 11.3 Å². The molecule has 1 atom stereocenters. The van der Waals surface area contributed by atoms with Gasteiger partial charge in [-0.1, -0.05) is 53.9 Å². The summed E-state index contributed by atoms with van der Waals surface area (Å²) in [5.74, 6) is 0.281. The summed E-state index contributed by atoms with van der Waals surface area (Å²) >= 11 is 12.3. The molecule has 1 heterocycles. The summed E-state index contributed by atoms with van der Waals surface area (Å²) in [5.41, 5.74) is 5.29. The Morgan fingerprint density at radius 2 is 1.81 bits per heavy atom. The number of carbonyl (C=O) groups excluding carboxylic acids is 1. The van der Waals surface area contributed by atoms with Crippen molar-refractivity contribution in [3.63, 3.8) is 0 Å². The molecule has 0 aliphatic heterocycles. The van der Waals surface area contributed by atoms with E-state index in [9.17, 15) is 4.79 Å². The van der Waals surface area contributed by atoms with Crippen LogP contribution in [0.5, 0.6) is 0 Å². The van der Waals surface area contributed by atoms with Crippen LogP contribution in [0.15, 0.2) is 48.5 Å². The Morgan fingerprint density at radius 3 is 2.56 bits per heavy atom. The zero-order valence-corrected chi connectivity index (χ0v) is 19.5. The predicted molar refractivity (Wildman–Crippen MR) is 129 cm³/mol. The number of hydrogen-bond donors (Lipinski definition) is 1. The van der Waals surface area contributed by atoms with Crippen LogP contribution >= 0.6 is 23.2 Å². The third kappa shape index (κ3) is 4.87. The van der Waals surface area contributed by atoms with E-state index >= 15 is 0 Å². The lowest BCUT2D eigenvalue weighted by Gasteiger charge is -2.19. The maximum Gasteiger partial charge on any atom is 0.272 e. The van der Waals surface area contributed by atoms with Gasteiger partial charge in [-0.05, 0) is 73.9 Å². The lowest BCUT2D eigenvalue weighted by atomic mass is 9.91. The molecule has 1 amide bonds. The van der Waals surface area contributed by atoms with Crippen molar-refractivity contribution in [2.75, 3.05) is 0 Å². The smallest absolute Gasteiger partial charge is 0.272 e. The molecule has 1 fully saturated rings. The van der Waals surface area contributed by atoms with Crippen molar-refractivity contribution < 1.29 is 4.79 Å². The summed E-state index contributed by atoms with van der Waals surface area (Å²) in [5, 5.41) is 9.50. The highest BCUT2D eigenvalue weighted by Gasteiger charge is 2.32. The number of aromatic nitrogens is 2. The van der Waals surface area contributed by atoms with E-state index in [-0.39, 0.29) is 5.91 Å². The van der Waals surface area contributed by atoms with Crippen molar-refractivity contribution in [1.29, 1.82) is 0 Å². The number of nitrogens with one attached hydrogen (secondary N) is 1. The van der Waals surface area contributed by atoms with E-state index in [0.29, 0.717) is 29.2 Å². The molecule has 2 aliphatic carbocycles. The average Bonchev–Trinajstić information content (AvgIpc) is 3.55. The van der Waals surface area contributed by atoms with Crippen molar-refractivity contribution in [3.8, 4) is 0 Å². The van der Waals surface area contributed by atoms with Gasteiger partial charge in [-0.3, -0.25) is 9.48 Å². The van der Waals surface area contributed by atoms with Crippen molar-refractivity contribution in [3.05, 3.63) is 86.7 Å².